The van der Waals surface area contributed by atoms with Gasteiger partial charge in [-0.15, -0.1) is 0 Å². The molecular formula is C28H33N5O5. The summed E-state index contributed by atoms with van der Waals surface area (Å²) < 4.78 is 9.89. The lowest BCUT2D eigenvalue weighted by Gasteiger charge is -2.08. The first-order chi connectivity index (χ1) is 18.5. The number of nitro benzene ring substituents is 1. The maximum absolute atomic E-state index is 10.5. The lowest BCUT2D eigenvalue weighted by atomic mass is 10.0. The molecule has 3 aromatic rings. The molecule has 1 saturated carbocycles. The van der Waals surface area contributed by atoms with Crippen LogP contribution in [0.4, 0.5) is 17.2 Å². The molecule has 0 bridgehead atoms. The molecule has 0 saturated heterocycles. The molecule has 0 radical (unpaired) electrons. The van der Waals surface area contributed by atoms with E-state index in [0.29, 0.717) is 18.1 Å². The summed E-state index contributed by atoms with van der Waals surface area (Å²) in [5, 5.41) is 30.1. The first-order valence-corrected chi connectivity index (χ1v) is 12.7. The highest BCUT2D eigenvalue weighted by Gasteiger charge is 2.28. The number of rotatable bonds is 7. The van der Waals surface area contributed by atoms with Crippen LogP contribution in [-0.4, -0.2) is 34.8 Å². The molecule has 10 heteroatoms. The van der Waals surface area contributed by atoms with Gasteiger partial charge >= 0.3 is 0 Å². The number of methoxy groups -OCH3 is 1. The van der Waals surface area contributed by atoms with Gasteiger partial charge in [0.25, 0.3) is 12.2 Å². The minimum absolute atomic E-state index is 0.0204. The van der Waals surface area contributed by atoms with Crippen LogP contribution in [0, 0.1) is 21.4 Å². The van der Waals surface area contributed by atoms with Crippen LogP contribution in [0.5, 0.6) is 5.75 Å². The molecule has 2 aromatic carbocycles. The Hall–Kier alpha value is -4.39. The number of ether oxygens (including phenoxy) is 2. The fourth-order valence-corrected chi connectivity index (χ4v) is 4.72. The van der Waals surface area contributed by atoms with Crippen molar-refractivity contribution in [1.29, 1.82) is 5.26 Å². The van der Waals surface area contributed by atoms with Gasteiger partial charge < -0.3 is 14.8 Å². The molecule has 1 heterocycles. The van der Waals surface area contributed by atoms with Gasteiger partial charge in [-0.1, -0.05) is 19.9 Å². The summed E-state index contributed by atoms with van der Waals surface area (Å²) in [6.45, 7) is 4.54. The largest absolute Gasteiger partial charge is 0.497 e. The number of hydrogen-bond acceptors (Lipinski definition) is 8. The number of non-ortho nitro benzene ring substituents is 1. The second kappa shape index (κ2) is 13.8. The fraction of sp³-hybridized carbons (Fsp3) is 0.393. The number of carbonyl (C=O) groups excluding carboxylic acids is 1. The van der Waals surface area contributed by atoms with Crippen LogP contribution >= 0.6 is 0 Å². The van der Waals surface area contributed by atoms with Crippen LogP contribution in [0.1, 0.15) is 68.2 Å². The van der Waals surface area contributed by atoms with Crippen molar-refractivity contribution in [3.63, 3.8) is 0 Å². The molecule has 2 N–H and O–H groups in total. The lowest BCUT2D eigenvalue weighted by molar-refractivity contribution is -0.384. The third kappa shape index (κ3) is 7.09. The molecule has 3 atom stereocenters. The number of hydrogen-bond donors (Lipinski definition) is 2. The predicted octanol–water partition coefficient (Wildman–Crippen LogP) is 6.15. The Balaban J connectivity index is 0.000000259. The van der Waals surface area contributed by atoms with Gasteiger partial charge in [0, 0.05) is 35.5 Å². The zero-order chi connectivity index (χ0) is 27.5. The number of aromatic nitrogens is 2. The van der Waals surface area contributed by atoms with Crippen LogP contribution < -0.4 is 10.1 Å². The van der Waals surface area contributed by atoms with Crippen LogP contribution in [0.3, 0.4) is 0 Å². The van der Waals surface area contributed by atoms with Gasteiger partial charge in [-0.25, -0.2) is 0 Å². The highest BCUT2D eigenvalue weighted by atomic mass is 16.6. The fourth-order valence-electron chi connectivity index (χ4n) is 4.72. The maximum Gasteiger partial charge on any atom is 0.293 e. The minimum atomic E-state index is -0.445. The molecule has 5 rings (SSSR count). The Kier molecular flexibility index (Phi) is 10.2. The van der Waals surface area contributed by atoms with E-state index >= 15 is 0 Å². The van der Waals surface area contributed by atoms with E-state index in [0.717, 1.165) is 54.9 Å². The summed E-state index contributed by atoms with van der Waals surface area (Å²) in [5.41, 5.74) is 4.54. The number of nitrogens with zero attached hydrogens (tertiary/aromatic N) is 3. The predicted molar refractivity (Wildman–Crippen MR) is 144 cm³/mol. The molecule has 0 spiro atoms. The van der Waals surface area contributed by atoms with Gasteiger partial charge in [0.2, 0.25) is 0 Å². The Bertz CT molecular complexity index is 1250. The van der Waals surface area contributed by atoms with Crippen molar-refractivity contribution in [3.05, 3.63) is 75.5 Å². The number of aromatic amines is 1. The van der Waals surface area contributed by atoms with Crippen molar-refractivity contribution < 1.29 is 19.2 Å². The third-order valence-corrected chi connectivity index (χ3v) is 6.60. The van der Waals surface area contributed by atoms with E-state index in [1.165, 1.54) is 24.8 Å². The third-order valence-electron chi connectivity index (χ3n) is 6.60. The van der Waals surface area contributed by atoms with Crippen molar-refractivity contribution in [2.24, 2.45) is 0 Å². The van der Waals surface area contributed by atoms with Crippen molar-refractivity contribution in [2.75, 3.05) is 12.4 Å². The standard InChI is InChI=1S/C19H20N4O2.C7H7NO3.C2H6/c20-10-14-2-1-12-7-15(4-6-17(12)14)21-19-9-18(22-23-19)13-3-5-16(8-13)25-11-24;1-11-7-4-2-6(3-5-7)8(9)10;1-2/h4,6-7,9,11,13-14,16H,1-3,5,8H2,(H2,21,22,23);2-5H,1H3;1-2H3. The number of nitro groups is 1. The van der Waals surface area contributed by atoms with Crippen LogP contribution in [-0.2, 0) is 16.0 Å². The summed E-state index contributed by atoms with van der Waals surface area (Å²) >= 11 is 0. The zero-order valence-electron chi connectivity index (χ0n) is 21.8. The van der Waals surface area contributed by atoms with E-state index < -0.39 is 4.92 Å². The SMILES string of the molecule is CC.COc1ccc([N+](=O)[O-])cc1.N#CC1CCc2cc(Nc3cc(C4CCC(OC=O)C4)[nH]n3)ccc21. The Morgan fingerprint density at radius 2 is 1.92 bits per heavy atom. The topological polar surface area (TPSA) is 143 Å². The average Bonchev–Trinajstić information content (AvgIpc) is 3.70. The van der Waals surface area contributed by atoms with Crippen LogP contribution in [0.2, 0.25) is 0 Å². The molecule has 38 heavy (non-hydrogen) atoms. The molecule has 1 fully saturated rings. The number of anilines is 2. The molecule has 200 valence electrons. The first-order valence-electron chi connectivity index (χ1n) is 12.7. The highest BCUT2D eigenvalue weighted by Crippen LogP contribution is 2.37. The Morgan fingerprint density at radius 1 is 1.16 bits per heavy atom. The van der Waals surface area contributed by atoms with Gasteiger partial charge in [0.05, 0.1) is 24.0 Å². The average molecular weight is 520 g/mol. The second-order valence-electron chi connectivity index (χ2n) is 8.79. The molecular weight excluding hydrogens is 486 g/mol. The van der Waals surface area contributed by atoms with Crippen molar-refractivity contribution in [1.82, 2.24) is 10.2 Å². The quantitative estimate of drug-likeness (QED) is 0.215. The number of H-pyrrole nitrogens is 1. The number of nitrogens with one attached hydrogen (secondary N) is 2. The summed E-state index contributed by atoms with van der Waals surface area (Å²) in [7, 11) is 1.52. The minimum Gasteiger partial charge on any atom is -0.497 e. The molecule has 2 aliphatic carbocycles. The summed E-state index contributed by atoms with van der Waals surface area (Å²) in [4.78, 5) is 20.2. The van der Waals surface area contributed by atoms with Crippen molar-refractivity contribution in [2.45, 2.75) is 63.9 Å². The summed E-state index contributed by atoms with van der Waals surface area (Å²) in [5.74, 6) is 1.79. The van der Waals surface area contributed by atoms with Crippen LogP contribution in [0.15, 0.2) is 48.5 Å². The van der Waals surface area contributed by atoms with E-state index in [1.54, 1.807) is 12.1 Å². The van der Waals surface area contributed by atoms with Gasteiger partial charge in [0.15, 0.2) is 5.82 Å². The number of carbonyl (C=O) groups is 1. The molecule has 2 aliphatic rings. The number of aryl methyl sites for hydroxylation is 1. The Labute approximate surface area is 222 Å². The van der Waals surface area contributed by atoms with Gasteiger partial charge in [-0.3, -0.25) is 20.0 Å². The zero-order valence-corrected chi connectivity index (χ0v) is 21.8. The van der Waals surface area contributed by atoms with E-state index in [1.807, 2.05) is 32.0 Å². The monoisotopic (exact) mass is 519 g/mol. The number of fused-ring (bicyclic) bond motifs is 1. The van der Waals surface area contributed by atoms with Crippen LogP contribution in [0.25, 0.3) is 0 Å². The van der Waals surface area contributed by atoms with E-state index in [-0.39, 0.29) is 17.7 Å². The second-order valence-corrected chi connectivity index (χ2v) is 8.79. The van der Waals surface area contributed by atoms with Crippen molar-refractivity contribution in [3.8, 4) is 11.8 Å². The Morgan fingerprint density at radius 3 is 2.58 bits per heavy atom. The number of benzene rings is 2. The summed E-state index contributed by atoms with van der Waals surface area (Å²) in [6.07, 6.45) is 4.62. The molecule has 1 aromatic heterocycles. The molecule has 3 unspecified atom stereocenters. The first kappa shape index (κ1) is 28.2. The molecule has 10 nitrogen and oxygen atoms in total. The lowest BCUT2D eigenvalue weighted by Crippen LogP contribution is -2.06. The highest BCUT2D eigenvalue weighted by molar-refractivity contribution is 5.60. The van der Waals surface area contributed by atoms with E-state index in [9.17, 15) is 14.9 Å². The molecule has 0 amide bonds. The van der Waals surface area contributed by atoms with E-state index in [4.69, 9.17) is 14.7 Å². The van der Waals surface area contributed by atoms with Crippen molar-refractivity contribution >= 4 is 23.7 Å². The van der Waals surface area contributed by atoms with E-state index in [2.05, 4.69) is 27.6 Å². The van der Waals surface area contributed by atoms with Gasteiger partial charge in [-0.05, 0) is 67.5 Å². The van der Waals surface area contributed by atoms with Gasteiger partial charge in [-0.2, -0.15) is 10.4 Å². The normalized spacial score (nSPS) is 18.9. The van der Waals surface area contributed by atoms with Gasteiger partial charge in [0.1, 0.15) is 11.9 Å². The number of nitriles is 1. The maximum atomic E-state index is 10.5. The summed E-state index contributed by atoms with van der Waals surface area (Å²) in [6, 6.07) is 16.5. The molecule has 0 aliphatic heterocycles. The smallest absolute Gasteiger partial charge is 0.293 e.